The second-order valence-electron chi connectivity index (χ2n) is 8.08. The van der Waals surface area contributed by atoms with E-state index >= 15 is 0 Å². The molecule has 2 rings (SSSR count). The van der Waals surface area contributed by atoms with Crippen molar-refractivity contribution in [2.75, 3.05) is 0 Å². The van der Waals surface area contributed by atoms with Crippen molar-refractivity contribution in [3.8, 4) is 0 Å². The number of benzene rings is 1. The van der Waals surface area contributed by atoms with Crippen LogP contribution in [0.3, 0.4) is 0 Å². The Morgan fingerprint density at radius 2 is 1.81 bits per heavy atom. The highest BCUT2D eigenvalue weighted by Crippen LogP contribution is 2.29. The standard InChI is InChI=1S/C23H36O3/c1-5-6-7-8-12-15-21-20(24-18-19-13-10-9-11-14-19)16-17-22(25-21)26-23(2,3)4/h7-11,13-14,20-22H,5-6,12,15-18H2,1-4H3/b8-7+/t20-,21+,22+/m0/s1. The minimum absolute atomic E-state index is 0.0890. The van der Waals surface area contributed by atoms with E-state index in [1.165, 1.54) is 12.0 Å². The van der Waals surface area contributed by atoms with Crippen LogP contribution in [0.4, 0.5) is 0 Å². The lowest BCUT2D eigenvalue weighted by molar-refractivity contribution is -0.261. The molecule has 146 valence electrons. The molecule has 1 aliphatic heterocycles. The van der Waals surface area contributed by atoms with Gasteiger partial charge in [0.25, 0.3) is 0 Å². The summed E-state index contributed by atoms with van der Waals surface area (Å²) in [5.41, 5.74) is 1.02. The Hall–Kier alpha value is -1.16. The molecular formula is C23H36O3. The first-order valence-electron chi connectivity index (χ1n) is 10.1. The molecule has 1 heterocycles. The quantitative estimate of drug-likeness (QED) is 0.503. The van der Waals surface area contributed by atoms with Gasteiger partial charge in [-0.3, -0.25) is 0 Å². The van der Waals surface area contributed by atoms with Crippen molar-refractivity contribution >= 4 is 0 Å². The molecule has 0 N–H and O–H groups in total. The summed E-state index contributed by atoms with van der Waals surface area (Å²) in [6, 6.07) is 10.4. The summed E-state index contributed by atoms with van der Waals surface area (Å²) in [5, 5.41) is 0. The van der Waals surface area contributed by atoms with Gasteiger partial charge in [0, 0.05) is 6.42 Å². The van der Waals surface area contributed by atoms with Gasteiger partial charge in [-0.2, -0.15) is 0 Å². The van der Waals surface area contributed by atoms with E-state index < -0.39 is 0 Å². The van der Waals surface area contributed by atoms with E-state index in [9.17, 15) is 0 Å². The minimum Gasteiger partial charge on any atom is -0.371 e. The number of rotatable bonds is 9. The van der Waals surface area contributed by atoms with E-state index in [2.05, 4.69) is 64.1 Å². The lowest BCUT2D eigenvalue weighted by Gasteiger charge is -2.38. The topological polar surface area (TPSA) is 27.7 Å². The maximum atomic E-state index is 6.29. The lowest BCUT2D eigenvalue weighted by Crippen LogP contribution is -2.43. The van der Waals surface area contributed by atoms with E-state index in [-0.39, 0.29) is 24.1 Å². The summed E-state index contributed by atoms with van der Waals surface area (Å²) >= 11 is 0. The molecular weight excluding hydrogens is 324 g/mol. The molecule has 0 unspecified atom stereocenters. The average molecular weight is 361 g/mol. The summed E-state index contributed by atoms with van der Waals surface area (Å²) in [6.45, 7) is 9.09. The van der Waals surface area contributed by atoms with Gasteiger partial charge in [-0.1, -0.05) is 55.8 Å². The molecule has 0 aromatic heterocycles. The van der Waals surface area contributed by atoms with Gasteiger partial charge >= 0.3 is 0 Å². The highest BCUT2D eigenvalue weighted by atomic mass is 16.7. The summed E-state index contributed by atoms with van der Waals surface area (Å²) < 4.78 is 18.6. The van der Waals surface area contributed by atoms with Gasteiger partial charge in [-0.15, -0.1) is 0 Å². The number of allylic oxidation sites excluding steroid dienone is 2. The van der Waals surface area contributed by atoms with Gasteiger partial charge in [-0.25, -0.2) is 0 Å². The van der Waals surface area contributed by atoms with Crippen LogP contribution < -0.4 is 0 Å². The third kappa shape index (κ3) is 8.03. The maximum absolute atomic E-state index is 6.29. The molecule has 3 atom stereocenters. The van der Waals surface area contributed by atoms with Crippen LogP contribution in [0.15, 0.2) is 42.5 Å². The molecule has 1 aromatic carbocycles. The van der Waals surface area contributed by atoms with Crippen LogP contribution in [0, 0.1) is 0 Å². The predicted octanol–water partition coefficient (Wildman–Crippen LogP) is 6.03. The van der Waals surface area contributed by atoms with Crippen LogP contribution in [0.5, 0.6) is 0 Å². The second-order valence-corrected chi connectivity index (χ2v) is 8.08. The Bertz CT molecular complexity index is 518. The van der Waals surface area contributed by atoms with Gasteiger partial charge in [-0.05, 0) is 52.0 Å². The third-order valence-electron chi connectivity index (χ3n) is 4.46. The smallest absolute Gasteiger partial charge is 0.158 e. The molecule has 0 spiro atoms. The van der Waals surface area contributed by atoms with E-state index in [4.69, 9.17) is 14.2 Å². The summed E-state index contributed by atoms with van der Waals surface area (Å²) in [6.07, 6.45) is 10.9. The molecule has 0 bridgehead atoms. The normalized spacial score (nSPS) is 24.2. The van der Waals surface area contributed by atoms with Crippen LogP contribution in [-0.4, -0.2) is 24.1 Å². The van der Waals surface area contributed by atoms with E-state index in [0.717, 1.165) is 32.1 Å². The second kappa shape index (κ2) is 10.9. The molecule has 0 radical (unpaired) electrons. The fourth-order valence-electron chi connectivity index (χ4n) is 3.20. The Balaban J connectivity index is 1.90. The first kappa shape index (κ1) is 21.1. The van der Waals surface area contributed by atoms with Crippen LogP contribution in [0.2, 0.25) is 0 Å². The largest absolute Gasteiger partial charge is 0.371 e. The van der Waals surface area contributed by atoms with Gasteiger partial charge < -0.3 is 14.2 Å². The Morgan fingerprint density at radius 3 is 2.50 bits per heavy atom. The average Bonchev–Trinajstić information content (AvgIpc) is 2.60. The fourth-order valence-corrected chi connectivity index (χ4v) is 3.20. The molecule has 1 saturated heterocycles. The van der Waals surface area contributed by atoms with Gasteiger partial charge in [0.1, 0.15) is 0 Å². The third-order valence-corrected chi connectivity index (χ3v) is 4.46. The number of ether oxygens (including phenoxy) is 3. The first-order valence-corrected chi connectivity index (χ1v) is 10.1. The molecule has 0 amide bonds. The lowest BCUT2D eigenvalue weighted by atomic mass is 9.99. The molecule has 0 aliphatic carbocycles. The fraction of sp³-hybridized carbons (Fsp3) is 0.652. The van der Waals surface area contributed by atoms with Crippen LogP contribution in [-0.2, 0) is 20.8 Å². The SMILES string of the molecule is CCC/C=C/CC[C@H]1O[C@H](OC(C)(C)C)CC[C@@H]1OCc1ccccc1. The van der Waals surface area contributed by atoms with Crippen molar-refractivity contribution in [3.05, 3.63) is 48.0 Å². The zero-order valence-corrected chi connectivity index (χ0v) is 16.9. The van der Waals surface area contributed by atoms with Crippen molar-refractivity contribution in [1.29, 1.82) is 0 Å². The minimum atomic E-state index is -0.187. The van der Waals surface area contributed by atoms with Crippen molar-refractivity contribution in [2.45, 2.75) is 96.9 Å². The van der Waals surface area contributed by atoms with Crippen molar-refractivity contribution < 1.29 is 14.2 Å². The number of hydrogen-bond acceptors (Lipinski definition) is 3. The molecule has 26 heavy (non-hydrogen) atoms. The molecule has 1 aliphatic rings. The molecule has 3 heteroatoms. The highest BCUT2D eigenvalue weighted by molar-refractivity contribution is 5.13. The molecule has 3 nitrogen and oxygen atoms in total. The summed E-state index contributed by atoms with van der Waals surface area (Å²) in [7, 11) is 0. The van der Waals surface area contributed by atoms with E-state index in [1.54, 1.807) is 0 Å². The molecule has 1 fully saturated rings. The Morgan fingerprint density at radius 1 is 1.08 bits per heavy atom. The summed E-state index contributed by atoms with van der Waals surface area (Å²) in [4.78, 5) is 0. The predicted molar refractivity (Wildman–Crippen MR) is 107 cm³/mol. The Kier molecular flexibility index (Phi) is 8.83. The van der Waals surface area contributed by atoms with E-state index in [0.29, 0.717) is 6.61 Å². The zero-order valence-electron chi connectivity index (χ0n) is 16.9. The van der Waals surface area contributed by atoms with Crippen LogP contribution in [0.1, 0.15) is 71.8 Å². The summed E-state index contributed by atoms with van der Waals surface area (Å²) in [5.74, 6) is 0. The highest BCUT2D eigenvalue weighted by Gasteiger charge is 2.33. The van der Waals surface area contributed by atoms with Gasteiger partial charge in [0.2, 0.25) is 0 Å². The monoisotopic (exact) mass is 360 g/mol. The zero-order chi connectivity index (χ0) is 18.8. The Labute approximate surface area is 159 Å². The van der Waals surface area contributed by atoms with Crippen LogP contribution in [0.25, 0.3) is 0 Å². The van der Waals surface area contributed by atoms with Crippen molar-refractivity contribution in [2.24, 2.45) is 0 Å². The van der Waals surface area contributed by atoms with Gasteiger partial charge in [0.05, 0.1) is 24.4 Å². The maximum Gasteiger partial charge on any atom is 0.158 e. The molecule has 1 aromatic rings. The van der Waals surface area contributed by atoms with Gasteiger partial charge in [0.15, 0.2) is 6.29 Å². The van der Waals surface area contributed by atoms with Crippen molar-refractivity contribution in [3.63, 3.8) is 0 Å². The number of unbranched alkanes of at least 4 members (excludes halogenated alkanes) is 1. The van der Waals surface area contributed by atoms with Crippen LogP contribution >= 0.6 is 0 Å². The number of hydrogen-bond donors (Lipinski definition) is 0. The first-order chi connectivity index (χ1) is 12.5. The van der Waals surface area contributed by atoms with Crippen molar-refractivity contribution in [1.82, 2.24) is 0 Å². The molecule has 0 saturated carbocycles. The van der Waals surface area contributed by atoms with E-state index in [1.807, 2.05) is 6.07 Å².